The molecule has 0 radical (unpaired) electrons. The van der Waals surface area contributed by atoms with E-state index in [9.17, 15) is 18.3 Å². The van der Waals surface area contributed by atoms with Gasteiger partial charge in [-0.2, -0.15) is 0 Å². The second-order valence-electron chi connectivity index (χ2n) is 3.85. The third-order valence-corrected chi connectivity index (χ3v) is 4.42. The summed E-state index contributed by atoms with van der Waals surface area (Å²) in [6.07, 6.45) is 0. The number of fused-ring (bicyclic) bond motifs is 1. The zero-order valence-corrected chi connectivity index (χ0v) is 9.41. The molecule has 1 aromatic carbocycles. The molecule has 1 heterocycles. The summed E-state index contributed by atoms with van der Waals surface area (Å²) in [5, 5.41) is 11.8. The maximum absolute atomic E-state index is 11.9. The van der Waals surface area contributed by atoms with Crippen molar-refractivity contribution < 1.29 is 18.3 Å². The Kier molecular flexibility index (Phi) is 2.38. The quantitative estimate of drug-likeness (QED) is 0.657. The number of hydrogen-bond donors (Lipinski definition) is 2. The van der Waals surface area contributed by atoms with E-state index in [0.29, 0.717) is 0 Å². The molecule has 0 fully saturated rings. The Balaban J connectivity index is 2.66. The number of carbonyl (C=O) groups is 1. The monoisotopic (exact) mass is 241 g/mol. The summed E-state index contributed by atoms with van der Waals surface area (Å²) in [7, 11) is -3.53. The molecule has 2 rings (SSSR count). The molecule has 1 aliphatic heterocycles. The lowest BCUT2D eigenvalue weighted by Gasteiger charge is -2.06. The number of amides is 1. The average molecular weight is 241 g/mol. The van der Waals surface area contributed by atoms with E-state index < -0.39 is 15.8 Å². The molecule has 1 unspecified atom stereocenters. The molecule has 0 spiro atoms. The van der Waals surface area contributed by atoms with Crippen molar-refractivity contribution in [3.05, 3.63) is 18.2 Å². The summed E-state index contributed by atoms with van der Waals surface area (Å²) in [5.74, 6) is -1.30. The Labute approximate surface area is 93.0 Å². The van der Waals surface area contributed by atoms with Gasteiger partial charge in [0.25, 0.3) is 0 Å². The molecule has 0 saturated carbocycles. The lowest BCUT2D eigenvalue weighted by molar-refractivity contribution is -0.118. The number of nitrogens with one attached hydrogen (secondary N) is 1. The maximum Gasteiger partial charge on any atom is 0.228 e. The molecule has 1 aliphatic rings. The van der Waals surface area contributed by atoms with Crippen LogP contribution in [0.4, 0.5) is 5.69 Å². The summed E-state index contributed by atoms with van der Waals surface area (Å²) in [5.41, 5.74) is 0.229. The van der Waals surface area contributed by atoms with Crippen LogP contribution in [0.3, 0.4) is 0 Å². The first kappa shape index (κ1) is 10.9. The van der Waals surface area contributed by atoms with Gasteiger partial charge in [-0.1, -0.05) is 6.92 Å². The van der Waals surface area contributed by atoms with Crippen LogP contribution >= 0.6 is 0 Å². The van der Waals surface area contributed by atoms with Gasteiger partial charge in [-0.05, 0) is 12.1 Å². The molecule has 5 nitrogen and oxygen atoms in total. The minimum Gasteiger partial charge on any atom is -0.508 e. The summed E-state index contributed by atoms with van der Waals surface area (Å²) in [6, 6.07) is 3.88. The summed E-state index contributed by atoms with van der Waals surface area (Å²) < 4.78 is 23.8. The van der Waals surface area contributed by atoms with Gasteiger partial charge in [0, 0.05) is 12.0 Å². The molecule has 1 amide bonds. The molecular formula is C10H11NO4S. The highest BCUT2D eigenvalue weighted by Gasteiger charge is 2.30. The van der Waals surface area contributed by atoms with E-state index in [2.05, 4.69) is 5.32 Å². The molecule has 0 aromatic heterocycles. The van der Waals surface area contributed by atoms with Gasteiger partial charge in [0.1, 0.15) is 5.75 Å². The molecule has 0 saturated heterocycles. The van der Waals surface area contributed by atoms with E-state index in [1.54, 1.807) is 6.92 Å². The van der Waals surface area contributed by atoms with Gasteiger partial charge in [0.2, 0.25) is 5.91 Å². The van der Waals surface area contributed by atoms with Crippen molar-refractivity contribution in [3.63, 3.8) is 0 Å². The summed E-state index contributed by atoms with van der Waals surface area (Å²) in [6.45, 7) is 1.55. The third kappa shape index (κ3) is 1.76. The highest BCUT2D eigenvalue weighted by atomic mass is 32.2. The van der Waals surface area contributed by atoms with Crippen LogP contribution in [0.5, 0.6) is 5.75 Å². The fourth-order valence-corrected chi connectivity index (χ4v) is 3.37. The first-order valence-electron chi connectivity index (χ1n) is 4.77. The molecule has 2 N–H and O–H groups in total. The van der Waals surface area contributed by atoms with Gasteiger partial charge < -0.3 is 10.4 Å². The molecule has 0 aliphatic carbocycles. The predicted molar refractivity (Wildman–Crippen MR) is 58.0 cm³/mol. The van der Waals surface area contributed by atoms with Crippen molar-refractivity contribution >= 4 is 21.4 Å². The summed E-state index contributed by atoms with van der Waals surface area (Å²) in [4.78, 5) is 11.5. The Hall–Kier alpha value is -1.56. The number of benzene rings is 1. The third-order valence-electron chi connectivity index (χ3n) is 2.48. The second kappa shape index (κ2) is 3.48. The SMILES string of the molecule is CC1CS(=O)(=O)c2cc(O)ccc2NC1=O. The lowest BCUT2D eigenvalue weighted by Crippen LogP contribution is -2.22. The van der Waals surface area contributed by atoms with Crippen molar-refractivity contribution in [2.45, 2.75) is 11.8 Å². The van der Waals surface area contributed by atoms with Crippen LogP contribution in [-0.4, -0.2) is 25.2 Å². The normalized spacial score (nSPS) is 23.1. The van der Waals surface area contributed by atoms with Crippen molar-refractivity contribution in [2.75, 3.05) is 11.1 Å². The number of sulfone groups is 1. The van der Waals surface area contributed by atoms with Crippen LogP contribution in [0.2, 0.25) is 0 Å². The van der Waals surface area contributed by atoms with Crippen molar-refractivity contribution in [1.29, 1.82) is 0 Å². The minimum atomic E-state index is -3.53. The number of rotatable bonds is 0. The maximum atomic E-state index is 11.9. The van der Waals surface area contributed by atoms with Crippen molar-refractivity contribution in [2.24, 2.45) is 5.92 Å². The number of anilines is 1. The van der Waals surface area contributed by atoms with E-state index in [-0.39, 0.29) is 28.0 Å². The average Bonchev–Trinajstić information content (AvgIpc) is 2.26. The predicted octanol–water partition coefficient (Wildman–Crippen LogP) is 0.754. The van der Waals surface area contributed by atoms with Crippen LogP contribution in [0.1, 0.15) is 6.92 Å². The molecule has 1 atom stereocenters. The molecular weight excluding hydrogens is 230 g/mol. The lowest BCUT2D eigenvalue weighted by atomic mass is 10.2. The zero-order chi connectivity index (χ0) is 11.9. The fraction of sp³-hybridized carbons (Fsp3) is 0.300. The van der Waals surface area contributed by atoms with E-state index in [1.807, 2.05) is 0 Å². The van der Waals surface area contributed by atoms with Gasteiger partial charge in [-0.3, -0.25) is 4.79 Å². The van der Waals surface area contributed by atoms with Crippen LogP contribution in [0, 0.1) is 5.92 Å². The van der Waals surface area contributed by atoms with Crippen LogP contribution in [0.25, 0.3) is 0 Å². The van der Waals surface area contributed by atoms with Gasteiger partial charge >= 0.3 is 0 Å². The van der Waals surface area contributed by atoms with Crippen molar-refractivity contribution in [1.82, 2.24) is 0 Å². The highest BCUT2D eigenvalue weighted by Crippen LogP contribution is 2.30. The first-order valence-corrected chi connectivity index (χ1v) is 6.42. The number of phenols is 1. The van der Waals surface area contributed by atoms with Gasteiger partial charge in [-0.15, -0.1) is 0 Å². The molecule has 1 aromatic rings. The Morgan fingerprint density at radius 1 is 1.44 bits per heavy atom. The Morgan fingerprint density at radius 2 is 2.12 bits per heavy atom. The van der Waals surface area contributed by atoms with E-state index in [4.69, 9.17) is 0 Å². The topological polar surface area (TPSA) is 83.5 Å². The minimum absolute atomic E-state index is 0.0230. The molecule has 6 heteroatoms. The van der Waals surface area contributed by atoms with Gasteiger partial charge in [0.15, 0.2) is 9.84 Å². The van der Waals surface area contributed by atoms with Crippen LogP contribution < -0.4 is 5.32 Å². The largest absolute Gasteiger partial charge is 0.508 e. The van der Waals surface area contributed by atoms with Crippen molar-refractivity contribution in [3.8, 4) is 5.75 Å². The standard InChI is InChI=1S/C10H11NO4S/c1-6-5-16(14,15)9-4-7(12)2-3-8(9)11-10(6)13/h2-4,6,12H,5H2,1H3,(H,11,13). The highest BCUT2D eigenvalue weighted by molar-refractivity contribution is 7.91. The summed E-state index contributed by atoms with van der Waals surface area (Å²) >= 11 is 0. The zero-order valence-electron chi connectivity index (χ0n) is 8.60. The molecule has 16 heavy (non-hydrogen) atoms. The Bertz CT molecular complexity index is 550. The fourth-order valence-electron chi connectivity index (χ4n) is 1.62. The van der Waals surface area contributed by atoms with E-state index >= 15 is 0 Å². The molecule has 86 valence electrons. The van der Waals surface area contributed by atoms with Gasteiger partial charge in [-0.25, -0.2) is 8.42 Å². The van der Waals surface area contributed by atoms with E-state index in [0.717, 1.165) is 6.07 Å². The number of aromatic hydroxyl groups is 1. The van der Waals surface area contributed by atoms with Crippen LogP contribution in [-0.2, 0) is 14.6 Å². The van der Waals surface area contributed by atoms with Gasteiger partial charge in [0.05, 0.1) is 16.3 Å². The smallest absolute Gasteiger partial charge is 0.228 e. The number of carbonyl (C=O) groups excluding carboxylic acids is 1. The number of phenolic OH excluding ortho intramolecular Hbond substituents is 1. The Morgan fingerprint density at radius 3 is 2.81 bits per heavy atom. The van der Waals surface area contributed by atoms with E-state index in [1.165, 1.54) is 12.1 Å². The van der Waals surface area contributed by atoms with Crippen LogP contribution in [0.15, 0.2) is 23.1 Å². The number of hydrogen-bond acceptors (Lipinski definition) is 4. The molecule has 0 bridgehead atoms. The second-order valence-corrected chi connectivity index (χ2v) is 5.85. The first-order chi connectivity index (χ1) is 7.40.